The predicted octanol–water partition coefficient (Wildman–Crippen LogP) is 0.909. The van der Waals surface area contributed by atoms with Crippen molar-refractivity contribution < 1.29 is 4.79 Å². The molecule has 0 atom stereocenters. The highest BCUT2D eigenvalue weighted by Gasteiger charge is 2.25. The number of carbonyl (C=O) groups is 1. The van der Waals surface area contributed by atoms with E-state index in [0.29, 0.717) is 5.82 Å². The molecule has 15 heavy (non-hydrogen) atoms. The van der Waals surface area contributed by atoms with Gasteiger partial charge < -0.3 is 10.6 Å². The van der Waals surface area contributed by atoms with Crippen LogP contribution in [0.5, 0.6) is 0 Å². The fraction of sp³-hybridized carbons (Fsp3) is 0.600. The van der Waals surface area contributed by atoms with Gasteiger partial charge in [-0.25, -0.2) is 0 Å². The lowest BCUT2D eigenvalue weighted by molar-refractivity contribution is -0.121. The highest BCUT2D eigenvalue weighted by molar-refractivity contribution is 5.97. The van der Waals surface area contributed by atoms with Crippen LogP contribution in [-0.2, 0) is 11.2 Å². The van der Waals surface area contributed by atoms with Gasteiger partial charge in [0.05, 0.1) is 11.7 Å². The summed E-state index contributed by atoms with van der Waals surface area (Å²) in [7, 11) is 1.76. The first-order valence-corrected chi connectivity index (χ1v) is 5.04. The number of nitrogens with one attached hydrogen (secondary N) is 3. The number of carbonyl (C=O) groups excluding carboxylic acids is 1. The van der Waals surface area contributed by atoms with Gasteiger partial charge in [0.25, 0.3) is 0 Å². The van der Waals surface area contributed by atoms with Gasteiger partial charge in [0.2, 0.25) is 5.91 Å². The zero-order chi connectivity index (χ0) is 11.5. The van der Waals surface area contributed by atoms with Crippen molar-refractivity contribution in [1.29, 1.82) is 0 Å². The van der Waals surface area contributed by atoms with Gasteiger partial charge in [-0.1, -0.05) is 6.92 Å². The molecule has 0 saturated heterocycles. The van der Waals surface area contributed by atoms with Crippen molar-refractivity contribution >= 4 is 11.7 Å². The van der Waals surface area contributed by atoms with Gasteiger partial charge in [-0.15, -0.1) is 0 Å². The van der Waals surface area contributed by atoms with Crippen LogP contribution in [0.25, 0.3) is 0 Å². The minimum absolute atomic E-state index is 0.0797. The SMILES string of the molecule is CCc1cn[nH]c1NC(=O)C(C)(C)NC. The Kier molecular flexibility index (Phi) is 3.47. The number of anilines is 1. The Morgan fingerprint density at radius 2 is 2.27 bits per heavy atom. The molecule has 1 rings (SSSR count). The smallest absolute Gasteiger partial charge is 0.245 e. The molecule has 1 heterocycles. The second kappa shape index (κ2) is 4.44. The third kappa shape index (κ3) is 2.56. The second-order valence-electron chi connectivity index (χ2n) is 3.95. The molecule has 0 aliphatic rings. The Hall–Kier alpha value is -1.36. The molecule has 0 fully saturated rings. The summed E-state index contributed by atoms with van der Waals surface area (Å²) in [5.41, 5.74) is 0.422. The zero-order valence-electron chi connectivity index (χ0n) is 9.64. The number of amides is 1. The Morgan fingerprint density at radius 3 is 2.80 bits per heavy atom. The Labute approximate surface area is 89.6 Å². The van der Waals surface area contributed by atoms with E-state index in [1.54, 1.807) is 13.2 Å². The topological polar surface area (TPSA) is 69.8 Å². The fourth-order valence-corrected chi connectivity index (χ4v) is 1.07. The molecule has 3 N–H and O–H groups in total. The van der Waals surface area contributed by atoms with Crippen LogP contribution >= 0.6 is 0 Å². The average Bonchev–Trinajstić information content (AvgIpc) is 2.65. The number of aromatic amines is 1. The van der Waals surface area contributed by atoms with Crippen molar-refractivity contribution in [3.63, 3.8) is 0 Å². The standard InChI is InChI=1S/C10H18N4O/c1-5-7-6-12-14-8(7)13-9(15)10(2,3)11-4/h6,11H,5H2,1-4H3,(H2,12,13,14,15). The molecular weight excluding hydrogens is 192 g/mol. The van der Waals surface area contributed by atoms with Crippen LogP contribution in [-0.4, -0.2) is 28.7 Å². The lowest BCUT2D eigenvalue weighted by atomic mass is 10.1. The highest BCUT2D eigenvalue weighted by Crippen LogP contribution is 2.13. The number of hydrogen-bond acceptors (Lipinski definition) is 3. The summed E-state index contributed by atoms with van der Waals surface area (Å²) in [5.74, 6) is 0.606. The van der Waals surface area contributed by atoms with E-state index in [2.05, 4.69) is 20.8 Å². The third-order valence-corrected chi connectivity index (χ3v) is 2.53. The molecule has 1 aromatic rings. The van der Waals surface area contributed by atoms with E-state index in [-0.39, 0.29) is 5.91 Å². The van der Waals surface area contributed by atoms with Crippen molar-refractivity contribution in [1.82, 2.24) is 15.5 Å². The number of likely N-dealkylation sites (N-methyl/N-ethyl adjacent to an activating group) is 1. The second-order valence-corrected chi connectivity index (χ2v) is 3.95. The molecular formula is C10H18N4O. The molecule has 84 valence electrons. The molecule has 0 aliphatic carbocycles. The molecule has 0 bridgehead atoms. The number of rotatable bonds is 4. The van der Waals surface area contributed by atoms with E-state index in [0.717, 1.165) is 12.0 Å². The van der Waals surface area contributed by atoms with E-state index in [9.17, 15) is 4.79 Å². The van der Waals surface area contributed by atoms with Crippen LogP contribution < -0.4 is 10.6 Å². The first-order valence-electron chi connectivity index (χ1n) is 5.04. The highest BCUT2D eigenvalue weighted by atomic mass is 16.2. The summed E-state index contributed by atoms with van der Waals surface area (Å²) < 4.78 is 0. The lowest BCUT2D eigenvalue weighted by Crippen LogP contribution is -2.48. The molecule has 1 amide bonds. The summed E-state index contributed by atoms with van der Waals surface area (Å²) in [5, 5.41) is 12.4. The van der Waals surface area contributed by atoms with Crippen molar-refractivity contribution in [2.45, 2.75) is 32.7 Å². The van der Waals surface area contributed by atoms with Gasteiger partial charge >= 0.3 is 0 Å². The van der Waals surface area contributed by atoms with Gasteiger partial charge in [0.15, 0.2) is 0 Å². The van der Waals surface area contributed by atoms with Crippen molar-refractivity contribution in [2.24, 2.45) is 0 Å². The van der Waals surface area contributed by atoms with E-state index < -0.39 is 5.54 Å². The van der Waals surface area contributed by atoms with E-state index >= 15 is 0 Å². The van der Waals surface area contributed by atoms with Crippen LogP contribution in [0.3, 0.4) is 0 Å². The normalized spacial score (nSPS) is 11.5. The van der Waals surface area contributed by atoms with Crippen LogP contribution in [0, 0.1) is 0 Å². The van der Waals surface area contributed by atoms with Gasteiger partial charge in [0.1, 0.15) is 5.82 Å². The molecule has 0 spiro atoms. The summed E-state index contributed by atoms with van der Waals surface area (Å²) in [4.78, 5) is 11.8. The van der Waals surface area contributed by atoms with Crippen molar-refractivity contribution in [2.75, 3.05) is 12.4 Å². The molecule has 5 nitrogen and oxygen atoms in total. The summed E-state index contributed by atoms with van der Waals surface area (Å²) in [6.45, 7) is 5.67. The molecule has 0 unspecified atom stereocenters. The minimum Gasteiger partial charge on any atom is -0.309 e. The summed E-state index contributed by atoms with van der Waals surface area (Å²) in [6, 6.07) is 0. The van der Waals surface area contributed by atoms with Gasteiger partial charge in [0, 0.05) is 5.56 Å². The number of H-pyrrole nitrogens is 1. The van der Waals surface area contributed by atoms with Crippen LogP contribution in [0.15, 0.2) is 6.20 Å². The largest absolute Gasteiger partial charge is 0.309 e. The van der Waals surface area contributed by atoms with E-state index in [1.165, 1.54) is 0 Å². The average molecular weight is 210 g/mol. The Balaban J connectivity index is 2.74. The first kappa shape index (κ1) is 11.7. The van der Waals surface area contributed by atoms with Gasteiger partial charge in [-0.05, 0) is 27.3 Å². The predicted molar refractivity (Wildman–Crippen MR) is 59.7 cm³/mol. The zero-order valence-corrected chi connectivity index (χ0v) is 9.64. The molecule has 0 aliphatic heterocycles. The van der Waals surface area contributed by atoms with E-state index in [1.807, 2.05) is 20.8 Å². The van der Waals surface area contributed by atoms with Gasteiger partial charge in [-0.3, -0.25) is 9.89 Å². The Morgan fingerprint density at radius 1 is 1.60 bits per heavy atom. The number of nitrogens with zero attached hydrogens (tertiary/aromatic N) is 1. The molecule has 0 radical (unpaired) electrons. The number of aryl methyl sites for hydroxylation is 1. The maximum absolute atomic E-state index is 11.8. The molecule has 1 aromatic heterocycles. The van der Waals surface area contributed by atoms with Crippen molar-refractivity contribution in [3.05, 3.63) is 11.8 Å². The maximum Gasteiger partial charge on any atom is 0.245 e. The number of aromatic nitrogens is 2. The number of hydrogen-bond donors (Lipinski definition) is 3. The lowest BCUT2D eigenvalue weighted by Gasteiger charge is -2.22. The molecule has 0 saturated carbocycles. The van der Waals surface area contributed by atoms with Gasteiger partial charge in [-0.2, -0.15) is 5.10 Å². The first-order chi connectivity index (χ1) is 7.01. The molecule has 5 heteroatoms. The Bertz CT molecular complexity index is 343. The quantitative estimate of drug-likeness (QED) is 0.691. The minimum atomic E-state index is -0.587. The van der Waals surface area contributed by atoms with Crippen molar-refractivity contribution in [3.8, 4) is 0 Å². The monoisotopic (exact) mass is 210 g/mol. The van der Waals surface area contributed by atoms with Crippen LogP contribution in [0.4, 0.5) is 5.82 Å². The van der Waals surface area contributed by atoms with Crippen LogP contribution in [0.2, 0.25) is 0 Å². The summed E-state index contributed by atoms with van der Waals surface area (Å²) in [6.07, 6.45) is 2.56. The van der Waals surface area contributed by atoms with Crippen LogP contribution in [0.1, 0.15) is 26.3 Å². The molecule has 0 aromatic carbocycles. The maximum atomic E-state index is 11.8. The van der Waals surface area contributed by atoms with E-state index in [4.69, 9.17) is 0 Å². The fourth-order valence-electron chi connectivity index (χ4n) is 1.07. The summed E-state index contributed by atoms with van der Waals surface area (Å²) >= 11 is 0. The third-order valence-electron chi connectivity index (χ3n) is 2.53.